The molecule has 0 bridgehead atoms. The Kier molecular flexibility index (Phi) is 4.29. The number of hydrogen-bond donors (Lipinski definition) is 0. The van der Waals surface area contributed by atoms with Gasteiger partial charge in [0, 0.05) is 5.56 Å². The number of ether oxygens (including phenoxy) is 1. The van der Waals surface area contributed by atoms with Gasteiger partial charge in [0.15, 0.2) is 0 Å². The van der Waals surface area contributed by atoms with E-state index >= 15 is 0 Å². The van der Waals surface area contributed by atoms with E-state index < -0.39 is 0 Å². The summed E-state index contributed by atoms with van der Waals surface area (Å²) < 4.78 is 5.00. The largest absolute Gasteiger partial charge is 0.481 e. The van der Waals surface area contributed by atoms with Gasteiger partial charge in [-0.05, 0) is 38.0 Å². The molecule has 1 rings (SSSR count). The lowest BCUT2D eigenvalue weighted by Crippen LogP contribution is -2.05. The Morgan fingerprint density at radius 1 is 1.31 bits per heavy atom. The lowest BCUT2D eigenvalue weighted by molar-refractivity contribution is 0.290. The molecule has 16 heavy (non-hydrogen) atoms. The first-order valence-corrected chi connectivity index (χ1v) is 5.47. The molecule has 0 aliphatic carbocycles. The molecule has 0 saturated carbocycles. The topological polar surface area (TPSA) is 21.6 Å². The first-order valence-electron chi connectivity index (χ1n) is 5.47. The van der Waals surface area contributed by atoms with Gasteiger partial charge in [-0.3, -0.25) is 0 Å². The summed E-state index contributed by atoms with van der Waals surface area (Å²) in [7, 11) is 1.59. The summed E-state index contributed by atoms with van der Waals surface area (Å²) in [4.78, 5) is 4.41. The monoisotopic (exact) mass is 217 g/mol. The van der Waals surface area contributed by atoms with Gasteiger partial charge in [-0.15, -0.1) is 0 Å². The number of aryl methyl sites for hydroxylation is 2. The van der Waals surface area contributed by atoms with E-state index in [0.717, 1.165) is 12.1 Å². The maximum atomic E-state index is 5.00. The predicted octanol–water partition coefficient (Wildman–Crippen LogP) is 3.62. The molecule has 0 N–H and O–H groups in total. The van der Waals surface area contributed by atoms with Crippen LogP contribution in [0, 0.1) is 13.8 Å². The first kappa shape index (κ1) is 12.5. The van der Waals surface area contributed by atoms with Crippen LogP contribution in [0.4, 0.5) is 0 Å². The SMILES string of the molecule is C=C(/N=C(\CC)c1c(C)cccc1C)OC. The van der Waals surface area contributed by atoms with Crippen LogP contribution < -0.4 is 0 Å². The molecule has 0 aromatic heterocycles. The molecule has 2 heteroatoms. The normalized spacial score (nSPS) is 11.4. The average Bonchev–Trinajstić information content (AvgIpc) is 2.27. The molecule has 0 heterocycles. The van der Waals surface area contributed by atoms with Gasteiger partial charge in [0.05, 0.1) is 12.8 Å². The fourth-order valence-electron chi connectivity index (χ4n) is 1.78. The van der Waals surface area contributed by atoms with E-state index in [9.17, 15) is 0 Å². The molecule has 0 radical (unpaired) electrons. The molecule has 0 saturated heterocycles. The Balaban J connectivity index is 3.24. The maximum absolute atomic E-state index is 5.00. The van der Waals surface area contributed by atoms with Crippen LogP contribution in [0.1, 0.15) is 30.0 Å². The third kappa shape index (κ3) is 2.72. The Morgan fingerprint density at radius 3 is 2.31 bits per heavy atom. The minimum atomic E-state index is 0.458. The average molecular weight is 217 g/mol. The van der Waals surface area contributed by atoms with Crippen molar-refractivity contribution in [2.45, 2.75) is 27.2 Å². The summed E-state index contributed by atoms with van der Waals surface area (Å²) in [5.41, 5.74) is 4.72. The number of rotatable bonds is 4. The fraction of sp³-hybridized carbons (Fsp3) is 0.357. The Labute approximate surface area is 97.7 Å². The molecule has 1 aromatic carbocycles. The van der Waals surface area contributed by atoms with Crippen LogP contribution in [0.5, 0.6) is 0 Å². The predicted molar refractivity (Wildman–Crippen MR) is 68.9 cm³/mol. The highest BCUT2D eigenvalue weighted by atomic mass is 16.5. The second-order valence-corrected chi connectivity index (χ2v) is 3.78. The van der Waals surface area contributed by atoms with Crippen LogP contribution in [-0.2, 0) is 4.74 Å². The Hall–Kier alpha value is -1.57. The van der Waals surface area contributed by atoms with E-state index in [-0.39, 0.29) is 0 Å². The van der Waals surface area contributed by atoms with E-state index in [1.54, 1.807) is 7.11 Å². The van der Waals surface area contributed by atoms with Crippen molar-refractivity contribution in [2.75, 3.05) is 7.11 Å². The van der Waals surface area contributed by atoms with Gasteiger partial charge < -0.3 is 4.74 Å². The Bertz CT molecular complexity index is 398. The summed E-state index contributed by atoms with van der Waals surface area (Å²) in [6.07, 6.45) is 0.869. The smallest absolute Gasteiger partial charge is 0.205 e. The van der Waals surface area contributed by atoms with E-state index in [0.29, 0.717) is 5.88 Å². The van der Waals surface area contributed by atoms with Gasteiger partial charge in [0.25, 0.3) is 0 Å². The number of nitrogens with zero attached hydrogens (tertiary/aromatic N) is 1. The maximum Gasteiger partial charge on any atom is 0.205 e. The van der Waals surface area contributed by atoms with E-state index in [4.69, 9.17) is 4.74 Å². The molecule has 0 aliphatic rings. The van der Waals surface area contributed by atoms with Gasteiger partial charge in [0.2, 0.25) is 5.88 Å². The first-order chi connectivity index (χ1) is 7.60. The van der Waals surface area contributed by atoms with Crippen molar-refractivity contribution in [1.29, 1.82) is 0 Å². The second kappa shape index (κ2) is 5.50. The molecule has 0 spiro atoms. The molecular formula is C14H19NO. The fourth-order valence-corrected chi connectivity index (χ4v) is 1.78. The van der Waals surface area contributed by atoms with E-state index in [2.05, 4.69) is 50.5 Å². The molecule has 0 aliphatic heterocycles. The van der Waals surface area contributed by atoms with E-state index in [1.807, 2.05) is 0 Å². The Morgan fingerprint density at radius 2 is 1.88 bits per heavy atom. The van der Waals surface area contributed by atoms with Crippen LogP contribution in [0.3, 0.4) is 0 Å². The summed E-state index contributed by atoms with van der Waals surface area (Å²) in [5.74, 6) is 0.458. The second-order valence-electron chi connectivity index (χ2n) is 3.78. The summed E-state index contributed by atoms with van der Waals surface area (Å²) in [6.45, 7) is 10.0. The number of methoxy groups -OCH3 is 1. The third-order valence-corrected chi connectivity index (χ3v) is 2.60. The minimum absolute atomic E-state index is 0.458. The molecule has 86 valence electrons. The highest BCUT2D eigenvalue weighted by molar-refractivity contribution is 6.03. The van der Waals surface area contributed by atoms with Crippen molar-refractivity contribution in [3.63, 3.8) is 0 Å². The molecule has 0 amide bonds. The number of hydrogen-bond acceptors (Lipinski definition) is 2. The summed E-state index contributed by atoms with van der Waals surface area (Å²) >= 11 is 0. The molecule has 0 atom stereocenters. The highest BCUT2D eigenvalue weighted by Gasteiger charge is 2.08. The molecule has 0 unspecified atom stereocenters. The molecular weight excluding hydrogens is 198 g/mol. The highest BCUT2D eigenvalue weighted by Crippen LogP contribution is 2.17. The van der Waals surface area contributed by atoms with Crippen molar-refractivity contribution in [2.24, 2.45) is 4.99 Å². The van der Waals surface area contributed by atoms with Gasteiger partial charge in [0.1, 0.15) is 0 Å². The lowest BCUT2D eigenvalue weighted by atomic mass is 9.97. The lowest BCUT2D eigenvalue weighted by Gasteiger charge is -2.11. The van der Waals surface area contributed by atoms with Crippen molar-refractivity contribution in [3.8, 4) is 0 Å². The van der Waals surface area contributed by atoms with Gasteiger partial charge in [-0.2, -0.15) is 0 Å². The summed E-state index contributed by atoms with van der Waals surface area (Å²) in [5, 5.41) is 0. The number of benzene rings is 1. The van der Waals surface area contributed by atoms with Crippen molar-refractivity contribution >= 4 is 5.71 Å². The number of aliphatic imine (C=N–C) groups is 1. The summed E-state index contributed by atoms with van der Waals surface area (Å²) in [6, 6.07) is 6.26. The van der Waals surface area contributed by atoms with Gasteiger partial charge in [-0.1, -0.05) is 25.1 Å². The molecule has 0 fully saturated rings. The van der Waals surface area contributed by atoms with Crippen LogP contribution >= 0.6 is 0 Å². The van der Waals surface area contributed by atoms with Crippen LogP contribution in [0.25, 0.3) is 0 Å². The minimum Gasteiger partial charge on any atom is -0.481 e. The zero-order chi connectivity index (χ0) is 12.1. The molecule has 2 nitrogen and oxygen atoms in total. The van der Waals surface area contributed by atoms with Crippen LogP contribution in [0.15, 0.2) is 35.7 Å². The zero-order valence-electron chi connectivity index (χ0n) is 10.5. The third-order valence-electron chi connectivity index (χ3n) is 2.60. The zero-order valence-corrected chi connectivity index (χ0v) is 10.5. The van der Waals surface area contributed by atoms with Crippen LogP contribution in [-0.4, -0.2) is 12.8 Å². The van der Waals surface area contributed by atoms with Crippen LogP contribution in [0.2, 0.25) is 0 Å². The van der Waals surface area contributed by atoms with Crippen molar-refractivity contribution in [3.05, 3.63) is 47.4 Å². The molecule has 1 aromatic rings. The van der Waals surface area contributed by atoms with E-state index in [1.165, 1.54) is 16.7 Å². The quantitative estimate of drug-likeness (QED) is 0.557. The van der Waals surface area contributed by atoms with Crippen molar-refractivity contribution < 1.29 is 4.74 Å². The standard InChI is InChI=1S/C14H19NO/c1-6-13(15-12(4)16-5)14-10(2)8-7-9-11(14)3/h7-9H,4,6H2,1-3,5H3/b15-13+. The van der Waals surface area contributed by atoms with Gasteiger partial charge >= 0.3 is 0 Å². The van der Waals surface area contributed by atoms with Gasteiger partial charge in [-0.25, -0.2) is 4.99 Å². The van der Waals surface area contributed by atoms with Crippen molar-refractivity contribution in [1.82, 2.24) is 0 Å².